The molecule has 104 valence electrons. The monoisotopic (exact) mass is 271 g/mol. The summed E-state index contributed by atoms with van der Waals surface area (Å²) in [5.41, 5.74) is 1.02. The molecule has 0 spiro atoms. The molecule has 5 nitrogen and oxygen atoms in total. The van der Waals surface area contributed by atoms with E-state index >= 15 is 0 Å². The molecular formula is C15H17N3O2. The number of nitrogens with one attached hydrogen (secondary N) is 1. The molecule has 0 aliphatic carbocycles. The molecule has 1 aromatic rings. The van der Waals surface area contributed by atoms with Crippen molar-refractivity contribution in [2.75, 3.05) is 18.4 Å². The lowest BCUT2D eigenvalue weighted by atomic mass is 10.1. The van der Waals surface area contributed by atoms with Crippen LogP contribution < -0.4 is 5.32 Å². The third-order valence-electron chi connectivity index (χ3n) is 3.30. The largest absolute Gasteiger partial charge is 0.342 e. The highest BCUT2D eigenvalue weighted by Crippen LogP contribution is 2.12. The van der Waals surface area contributed by atoms with Gasteiger partial charge in [0, 0.05) is 18.8 Å². The van der Waals surface area contributed by atoms with Gasteiger partial charge in [0.1, 0.15) is 6.42 Å². The predicted octanol–water partition coefficient (Wildman–Crippen LogP) is 1.90. The van der Waals surface area contributed by atoms with Crippen LogP contribution in [0.2, 0.25) is 0 Å². The molecule has 1 aromatic carbocycles. The van der Waals surface area contributed by atoms with Gasteiger partial charge in [-0.15, -0.1) is 0 Å². The number of piperidine rings is 1. The lowest BCUT2D eigenvalue weighted by Gasteiger charge is -2.26. The summed E-state index contributed by atoms with van der Waals surface area (Å²) in [5, 5.41) is 11.4. The van der Waals surface area contributed by atoms with E-state index in [1.54, 1.807) is 29.2 Å². The van der Waals surface area contributed by atoms with Gasteiger partial charge in [-0.25, -0.2) is 0 Å². The maximum absolute atomic E-state index is 11.9. The maximum atomic E-state index is 11.9. The van der Waals surface area contributed by atoms with Crippen molar-refractivity contribution in [1.29, 1.82) is 5.26 Å². The summed E-state index contributed by atoms with van der Waals surface area (Å²) in [6.45, 7) is 1.49. The Morgan fingerprint density at radius 2 is 2.00 bits per heavy atom. The van der Waals surface area contributed by atoms with E-state index in [4.69, 9.17) is 5.26 Å². The van der Waals surface area contributed by atoms with Crippen LogP contribution in [-0.4, -0.2) is 29.8 Å². The number of nitrogens with zero attached hydrogens (tertiary/aromatic N) is 2. The third kappa shape index (κ3) is 3.82. The second-order valence-electron chi connectivity index (χ2n) is 4.86. The minimum absolute atomic E-state index is 0.126. The molecule has 0 atom stereocenters. The van der Waals surface area contributed by atoms with E-state index in [-0.39, 0.29) is 18.2 Å². The van der Waals surface area contributed by atoms with E-state index in [9.17, 15) is 9.59 Å². The fourth-order valence-corrected chi connectivity index (χ4v) is 2.26. The number of benzene rings is 1. The zero-order valence-corrected chi connectivity index (χ0v) is 11.3. The highest BCUT2D eigenvalue weighted by Gasteiger charge is 2.19. The van der Waals surface area contributed by atoms with Gasteiger partial charge in [0.05, 0.1) is 11.6 Å². The van der Waals surface area contributed by atoms with Crippen LogP contribution in [0, 0.1) is 11.3 Å². The average molecular weight is 271 g/mol. The van der Waals surface area contributed by atoms with E-state index in [1.165, 1.54) is 0 Å². The first kappa shape index (κ1) is 14.1. The Kier molecular flexibility index (Phi) is 4.72. The van der Waals surface area contributed by atoms with Gasteiger partial charge < -0.3 is 10.2 Å². The summed E-state index contributed by atoms with van der Waals surface area (Å²) in [7, 11) is 0. The quantitative estimate of drug-likeness (QED) is 0.853. The molecule has 1 aliphatic heterocycles. The zero-order chi connectivity index (χ0) is 14.4. The van der Waals surface area contributed by atoms with Crippen molar-refractivity contribution in [3.63, 3.8) is 0 Å². The van der Waals surface area contributed by atoms with Crippen LogP contribution in [0.5, 0.6) is 0 Å². The molecule has 0 radical (unpaired) electrons. The van der Waals surface area contributed by atoms with Crippen molar-refractivity contribution < 1.29 is 9.59 Å². The molecule has 1 aliphatic rings. The van der Waals surface area contributed by atoms with Gasteiger partial charge in [-0.05, 0) is 37.5 Å². The SMILES string of the molecule is N#Cc1cccc(NC(=O)CC(=O)N2CCCCC2)c1. The Bertz CT molecular complexity index is 542. The molecule has 1 N–H and O–H groups in total. The van der Waals surface area contributed by atoms with Crippen molar-refractivity contribution in [2.24, 2.45) is 0 Å². The maximum Gasteiger partial charge on any atom is 0.233 e. The summed E-state index contributed by atoms with van der Waals surface area (Å²) in [6, 6.07) is 8.65. The highest BCUT2D eigenvalue weighted by molar-refractivity contribution is 6.03. The molecule has 20 heavy (non-hydrogen) atoms. The van der Waals surface area contributed by atoms with Crippen molar-refractivity contribution in [1.82, 2.24) is 4.90 Å². The van der Waals surface area contributed by atoms with Crippen LogP contribution in [0.15, 0.2) is 24.3 Å². The van der Waals surface area contributed by atoms with Gasteiger partial charge in [0.25, 0.3) is 0 Å². The molecule has 2 rings (SSSR count). The van der Waals surface area contributed by atoms with Crippen LogP contribution in [0.1, 0.15) is 31.2 Å². The number of rotatable bonds is 3. The Balaban J connectivity index is 1.88. The molecule has 0 bridgehead atoms. The van der Waals surface area contributed by atoms with Crippen LogP contribution in [-0.2, 0) is 9.59 Å². The molecule has 5 heteroatoms. The normalized spacial score (nSPS) is 14.4. The number of carbonyl (C=O) groups excluding carboxylic acids is 2. The standard InChI is InChI=1S/C15H17N3O2/c16-11-12-5-4-6-13(9-12)17-14(19)10-15(20)18-7-2-1-3-8-18/h4-6,9H,1-3,7-8,10H2,(H,17,19). The van der Waals surface area contributed by atoms with Gasteiger partial charge >= 0.3 is 0 Å². The minimum atomic E-state index is -0.337. The van der Waals surface area contributed by atoms with Crippen molar-refractivity contribution in [3.8, 4) is 6.07 Å². The second-order valence-corrected chi connectivity index (χ2v) is 4.86. The van der Waals surface area contributed by atoms with Crippen LogP contribution in [0.25, 0.3) is 0 Å². The number of hydrogen-bond acceptors (Lipinski definition) is 3. The first-order chi connectivity index (χ1) is 9.69. The predicted molar refractivity (Wildman–Crippen MR) is 74.8 cm³/mol. The number of likely N-dealkylation sites (tertiary alicyclic amines) is 1. The van der Waals surface area contributed by atoms with Gasteiger partial charge in [-0.2, -0.15) is 5.26 Å². The molecule has 0 saturated carbocycles. The summed E-state index contributed by atoms with van der Waals surface area (Å²) >= 11 is 0. The molecule has 0 unspecified atom stereocenters. The van der Waals surface area contributed by atoms with Crippen molar-refractivity contribution >= 4 is 17.5 Å². The molecule has 1 saturated heterocycles. The van der Waals surface area contributed by atoms with Crippen molar-refractivity contribution in [3.05, 3.63) is 29.8 Å². The number of anilines is 1. The average Bonchev–Trinajstić information content (AvgIpc) is 2.48. The van der Waals surface area contributed by atoms with Crippen LogP contribution in [0.3, 0.4) is 0 Å². The van der Waals surface area contributed by atoms with Crippen molar-refractivity contribution in [2.45, 2.75) is 25.7 Å². The van der Waals surface area contributed by atoms with Gasteiger partial charge in [-0.1, -0.05) is 6.07 Å². The van der Waals surface area contributed by atoms with Gasteiger partial charge in [0.15, 0.2) is 0 Å². The lowest BCUT2D eigenvalue weighted by molar-refractivity contribution is -0.135. The van der Waals surface area contributed by atoms with Crippen LogP contribution in [0.4, 0.5) is 5.69 Å². The molecule has 1 fully saturated rings. The molecule has 1 heterocycles. The summed E-state index contributed by atoms with van der Waals surface area (Å²) < 4.78 is 0. The van der Waals surface area contributed by atoms with Gasteiger partial charge in [0.2, 0.25) is 11.8 Å². The fourth-order valence-electron chi connectivity index (χ4n) is 2.26. The highest BCUT2D eigenvalue weighted by atomic mass is 16.2. The molecule has 2 amide bonds. The van der Waals surface area contributed by atoms with Crippen LogP contribution >= 0.6 is 0 Å². The molecular weight excluding hydrogens is 254 g/mol. The number of carbonyl (C=O) groups is 2. The van der Waals surface area contributed by atoms with E-state index in [0.29, 0.717) is 11.3 Å². The Morgan fingerprint density at radius 1 is 1.25 bits per heavy atom. The van der Waals surface area contributed by atoms with E-state index in [0.717, 1.165) is 32.4 Å². The first-order valence-electron chi connectivity index (χ1n) is 6.77. The third-order valence-corrected chi connectivity index (χ3v) is 3.30. The van der Waals surface area contributed by atoms with E-state index < -0.39 is 0 Å². The zero-order valence-electron chi connectivity index (χ0n) is 11.3. The lowest BCUT2D eigenvalue weighted by Crippen LogP contribution is -2.37. The molecule has 0 aromatic heterocycles. The fraction of sp³-hybridized carbons (Fsp3) is 0.400. The van der Waals surface area contributed by atoms with E-state index in [2.05, 4.69) is 5.32 Å². The minimum Gasteiger partial charge on any atom is -0.342 e. The number of hydrogen-bond donors (Lipinski definition) is 1. The first-order valence-corrected chi connectivity index (χ1v) is 6.77. The topological polar surface area (TPSA) is 73.2 Å². The smallest absolute Gasteiger partial charge is 0.233 e. The Hall–Kier alpha value is -2.35. The van der Waals surface area contributed by atoms with E-state index in [1.807, 2.05) is 6.07 Å². The Labute approximate surface area is 118 Å². The van der Waals surface area contributed by atoms with Gasteiger partial charge in [-0.3, -0.25) is 9.59 Å². The Morgan fingerprint density at radius 3 is 2.70 bits per heavy atom. The summed E-state index contributed by atoms with van der Waals surface area (Å²) in [6.07, 6.45) is 3.03. The number of amides is 2. The second kappa shape index (κ2) is 6.71. The summed E-state index contributed by atoms with van der Waals surface area (Å²) in [4.78, 5) is 25.5. The number of nitriles is 1. The summed E-state index contributed by atoms with van der Waals surface area (Å²) in [5.74, 6) is -0.464.